The Kier molecular flexibility index (Phi) is 12.0. The first kappa shape index (κ1) is 30.5. The lowest BCUT2D eigenvalue weighted by Crippen LogP contribution is -2.10. The molecule has 0 aromatic heterocycles. The van der Waals surface area contributed by atoms with Gasteiger partial charge in [0.05, 0.1) is 64.0 Å². The van der Waals surface area contributed by atoms with E-state index in [-0.39, 0.29) is 39.6 Å². The highest BCUT2D eigenvalue weighted by Crippen LogP contribution is 2.45. The second-order valence-corrected chi connectivity index (χ2v) is 9.14. The molecule has 220 valence electrons. The van der Waals surface area contributed by atoms with Crippen LogP contribution in [0.25, 0.3) is 21.5 Å². The van der Waals surface area contributed by atoms with Gasteiger partial charge in [-0.25, -0.2) is 0 Å². The molecule has 0 fully saturated rings. The van der Waals surface area contributed by atoms with Crippen molar-refractivity contribution in [3.05, 3.63) is 71.8 Å². The number of benzene rings is 4. The van der Waals surface area contributed by atoms with E-state index >= 15 is 0 Å². The number of hydrogen-bond donors (Lipinski definition) is 2. The van der Waals surface area contributed by atoms with Crippen LogP contribution in [0.5, 0.6) is 23.0 Å². The summed E-state index contributed by atoms with van der Waals surface area (Å²) in [5.41, 5.74) is 1.40. The number of fused-ring (bicyclic) bond motifs is 2. The molecule has 0 spiro atoms. The predicted octanol–water partition coefficient (Wildman–Crippen LogP) is 4.85. The van der Waals surface area contributed by atoms with Crippen LogP contribution in [0.3, 0.4) is 0 Å². The number of methoxy groups -OCH3 is 2. The smallest absolute Gasteiger partial charge is 0.144 e. The van der Waals surface area contributed by atoms with Gasteiger partial charge in [-0.15, -0.1) is 0 Å². The van der Waals surface area contributed by atoms with Gasteiger partial charge in [-0.2, -0.15) is 0 Å². The Morgan fingerprint density at radius 2 is 1.00 bits per heavy atom. The fraction of sp³-hybridized carbons (Fsp3) is 0.375. The van der Waals surface area contributed by atoms with E-state index in [0.717, 1.165) is 21.5 Å². The molecule has 0 amide bonds. The molecule has 4 aromatic carbocycles. The first-order valence-electron chi connectivity index (χ1n) is 13.6. The molecule has 0 aliphatic heterocycles. The van der Waals surface area contributed by atoms with Crippen LogP contribution in [0.15, 0.2) is 60.7 Å². The Morgan fingerprint density at radius 3 is 1.41 bits per heavy atom. The Bertz CT molecular complexity index is 1280. The lowest BCUT2D eigenvalue weighted by atomic mass is 10.0. The summed E-state index contributed by atoms with van der Waals surface area (Å²) in [6.07, 6.45) is 0. The summed E-state index contributed by atoms with van der Waals surface area (Å²) in [7, 11) is 3.24. The third-order valence-corrected chi connectivity index (χ3v) is 6.39. The molecule has 0 heterocycles. The molecular weight excluding hydrogens is 528 g/mol. The Balaban J connectivity index is 1.91. The molecule has 41 heavy (non-hydrogen) atoms. The van der Waals surface area contributed by atoms with Crippen molar-refractivity contribution < 1.29 is 43.4 Å². The van der Waals surface area contributed by atoms with Gasteiger partial charge in [-0.05, 0) is 22.9 Å². The zero-order chi connectivity index (χ0) is 28.9. The molecule has 0 aliphatic rings. The maximum absolute atomic E-state index is 9.50. The van der Waals surface area contributed by atoms with Gasteiger partial charge in [-0.1, -0.05) is 48.5 Å². The molecular formula is C32H38O9. The summed E-state index contributed by atoms with van der Waals surface area (Å²) >= 11 is 0. The van der Waals surface area contributed by atoms with E-state index in [1.807, 2.05) is 60.7 Å². The number of ether oxygens (including phenoxy) is 7. The first-order valence-corrected chi connectivity index (χ1v) is 13.6. The highest BCUT2D eigenvalue weighted by Gasteiger charge is 2.22. The van der Waals surface area contributed by atoms with Crippen LogP contribution in [0, 0.1) is 0 Å². The van der Waals surface area contributed by atoms with E-state index in [9.17, 15) is 10.2 Å². The minimum absolute atomic E-state index is 0.120. The zero-order valence-electron chi connectivity index (χ0n) is 23.6. The van der Waals surface area contributed by atoms with Crippen LogP contribution in [0.2, 0.25) is 0 Å². The van der Waals surface area contributed by atoms with Crippen molar-refractivity contribution in [1.29, 1.82) is 0 Å². The molecule has 0 radical (unpaired) electrons. The zero-order valence-corrected chi connectivity index (χ0v) is 23.6. The molecule has 4 rings (SSSR count). The summed E-state index contributed by atoms with van der Waals surface area (Å²) in [5, 5.41) is 22.6. The van der Waals surface area contributed by atoms with Gasteiger partial charge in [0.1, 0.15) is 36.2 Å². The minimum atomic E-state index is -0.134. The van der Waals surface area contributed by atoms with Crippen molar-refractivity contribution in [2.24, 2.45) is 0 Å². The number of aliphatic hydroxyl groups excluding tert-OH is 2. The van der Waals surface area contributed by atoms with Gasteiger partial charge >= 0.3 is 0 Å². The molecule has 2 N–H and O–H groups in total. The van der Waals surface area contributed by atoms with Gasteiger partial charge in [0, 0.05) is 25.0 Å². The lowest BCUT2D eigenvalue weighted by molar-refractivity contribution is 0.0585. The number of hydrogen-bond acceptors (Lipinski definition) is 9. The van der Waals surface area contributed by atoms with E-state index in [1.165, 1.54) is 0 Å². The highest BCUT2D eigenvalue weighted by atomic mass is 16.5. The Labute approximate surface area is 240 Å². The Hall–Kier alpha value is -3.44. The molecule has 0 unspecified atom stereocenters. The van der Waals surface area contributed by atoms with Crippen molar-refractivity contribution in [3.63, 3.8) is 0 Å². The van der Waals surface area contributed by atoms with Gasteiger partial charge in [0.2, 0.25) is 0 Å². The van der Waals surface area contributed by atoms with Crippen LogP contribution in [0.1, 0.15) is 11.1 Å². The summed E-state index contributed by atoms with van der Waals surface area (Å²) in [5.74, 6) is 2.24. The van der Waals surface area contributed by atoms with Crippen molar-refractivity contribution in [2.45, 2.75) is 13.2 Å². The van der Waals surface area contributed by atoms with Crippen molar-refractivity contribution in [3.8, 4) is 23.0 Å². The summed E-state index contributed by atoms with van der Waals surface area (Å²) in [4.78, 5) is 0. The maximum atomic E-state index is 9.50. The normalized spacial score (nSPS) is 11.3. The Morgan fingerprint density at radius 1 is 0.561 bits per heavy atom. The standard InChI is InChI=1S/C32H38O9/c1-35-15-17-37-21-27-29(39-13-11-33)19-23-7-3-5-9-25(23)31(27)41-32-26-10-6-4-8-24(26)20-30(40-14-12-34)28(32)22-38-18-16-36-2/h3-10,19-20,33-34H,11-18,21-22H2,1-2H3. The summed E-state index contributed by atoms with van der Waals surface area (Å²) in [6, 6.07) is 19.6. The van der Waals surface area contributed by atoms with E-state index < -0.39 is 0 Å². The molecule has 0 atom stereocenters. The predicted molar refractivity (Wildman–Crippen MR) is 156 cm³/mol. The van der Waals surface area contributed by atoms with Crippen LogP contribution in [-0.4, -0.2) is 77.3 Å². The molecule has 0 saturated heterocycles. The summed E-state index contributed by atoms with van der Waals surface area (Å²) in [6.45, 7) is 2.01. The molecule has 9 nitrogen and oxygen atoms in total. The van der Waals surface area contributed by atoms with Crippen LogP contribution < -0.4 is 14.2 Å². The van der Waals surface area contributed by atoms with Crippen molar-refractivity contribution in [2.75, 3.05) is 67.1 Å². The summed E-state index contributed by atoms with van der Waals surface area (Å²) < 4.78 is 41.1. The third kappa shape index (κ3) is 7.85. The van der Waals surface area contributed by atoms with Gasteiger partial charge < -0.3 is 43.4 Å². The quantitative estimate of drug-likeness (QED) is 0.164. The van der Waals surface area contributed by atoms with Gasteiger partial charge in [0.25, 0.3) is 0 Å². The minimum Gasteiger partial charge on any atom is -0.491 e. The van der Waals surface area contributed by atoms with E-state index in [2.05, 4.69) is 0 Å². The van der Waals surface area contributed by atoms with Crippen LogP contribution in [-0.2, 0) is 32.2 Å². The molecule has 0 saturated carbocycles. The van der Waals surface area contributed by atoms with Crippen LogP contribution in [0.4, 0.5) is 0 Å². The van der Waals surface area contributed by atoms with Gasteiger partial charge in [-0.3, -0.25) is 0 Å². The van der Waals surface area contributed by atoms with Crippen LogP contribution >= 0.6 is 0 Å². The van der Waals surface area contributed by atoms with E-state index in [4.69, 9.17) is 33.2 Å². The van der Waals surface area contributed by atoms with Crippen molar-refractivity contribution in [1.82, 2.24) is 0 Å². The fourth-order valence-corrected chi connectivity index (χ4v) is 4.48. The number of aliphatic hydroxyl groups is 2. The van der Waals surface area contributed by atoms with E-state index in [0.29, 0.717) is 60.6 Å². The SMILES string of the molecule is COCCOCc1c(OCCO)cc2ccccc2c1Oc1c(COCCOC)c(OCCO)cc2ccccc12. The topological polar surface area (TPSA) is 105 Å². The molecule has 9 heteroatoms. The molecule has 0 bridgehead atoms. The average molecular weight is 567 g/mol. The lowest BCUT2D eigenvalue weighted by Gasteiger charge is -2.22. The monoisotopic (exact) mass is 566 g/mol. The second kappa shape index (κ2) is 16.1. The van der Waals surface area contributed by atoms with Crippen molar-refractivity contribution >= 4 is 21.5 Å². The third-order valence-electron chi connectivity index (χ3n) is 6.39. The maximum Gasteiger partial charge on any atom is 0.144 e. The van der Waals surface area contributed by atoms with Gasteiger partial charge in [0.15, 0.2) is 0 Å². The average Bonchev–Trinajstić information content (AvgIpc) is 3.00. The van der Waals surface area contributed by atoms with E-state index in [1.54, 1.807) is 14.2 Å². The first-order chi connectivity index (χ1) is 20.2. The molecule has 4 aromatic rings. The largest absolute Gasteiger partial charge is 0.491 e. The highest BCUT2D eigenvalue weighted by molar-refractivity contribution is 5.95. The second-order valence-electron chi connectivity index (χ2n) is 9.14. The molecule has 0 aliphatic carbocycles. The fourth-order valence-electron chi connectivity index (χ4n) is 4.48. The number of rotatable bonds is 18.